The van der Waals surface area contributed by atoms with E-state index in [9.17, 15) is 12.8 Å². The molecule has 6 nitrogen and oxygen atoms in total. The number of piperazine rings is 1. The van der Waals surface area contributed by atoms with Crippen LogP contribution >= 0.6 is 0 Å². The van der Waals surface area contributed by atoms with Gasteiger partial charge in [0.1, 0.15) is 4.90 Å². The molecule has 0 saturated carbocycles. The zero-order chi connectivity index (χ0) is 12.9. The molecular weight excluding hydrogens is 259 g/mol. The molecule has 2 atom stereocenters. The molecule has 1 aromatic rings. The molecule has 3 N–H and O–H groups in total. The van der Waals surface area contributed by atoms with E-state index in [-0.39, 0.29) is 0 Å². The summed E-state index contributed by atoms with van der Waals surface area (Å²) in [6, 6.07) is 1.99. The van der Waals surface area contributed by atoms with Gasteiger partial charge in [0.2, 0.25) is 16.0 Å². The number of nitrogens with zero attached hydrogens (tertiary/aromatic N) is 2. The predicted octanol–water partition coefficient (Wildman–Crippen LogP) is -0.581. The highest BCUT2D eigenvalue weighted by Gasteiger charge is 2.38. The molecule has 3 rings (SSSR count). The quantitative estimate of drug-likeness (QED) is 0.703. The number of rotatable bonds is 2. The number of anilines is 1. The van der Waals surface area contributed by atoms with Gasteiger partial charge < -0.3 is 10.2 Å². The molecule has 0 spiro atoms. The average molecular weight is 272 g/mol. The monoisotopic (exact) mass is 272 g/mol. The number of pyridine rings is 1. The fraction of sp³-hybridized carbons (Fsp3) is 0.500. The molecule has 0 radical (unpaired) electrons. The lowest BCUT2D eigenvalue weighted by Crippen LogP contribution is -2.43. The summed E-state index contributed by atoms with van der Waals surface area (Å²) in [6.07, 6.45) is 2.37. The summed E-state index contributed by atoms with van der Waals surface area (Å²) in [5, 5.41) is 8.30. The van der Waals surface area contributed by atoms with Crippen LogP contribution in [0.25, 0.3) is 0 Å². The van der Waals surface area contributed by atoms with Crippen molar-refractivity contribution < 1.29 is 12.8 Å². The largest absolute Gasteiger partial charge is 0.364 e. The molecule has 98 valence electrons. The molecule has 2 saturated heterocycles. The van der Waals surface area contributed by atoms with Crippen LogP contribution in [0.2, 0.25) is 0 Å². The Kier molecular flexibility index (Phi) is 2.54. The summed E-state index contributed by atoms with van der Waals surface area (Å²) in [6.45, 7) is 1.63. The highest BCUT2D eigenvalue weighted by Crippen LogP contribution is 2.30. The number of hydrogen-bond donors (Lipinski definition) is 2. The van der Waals surface area contributed by atoms with Crippen LogP contribution in [0, 0.1) is 5.95 Å². The van der Waals surface area contributed by atoms with Crippen LogP contribution in [-0.4, -0.2) is 38.6 Å². The third-order valence-corrected chi connectivity index (χ3v) is 4.39. The Morgan fingerprint density at radius 1 is 1.56 bits per heavy atom. The van der Waals surface area contributed by atoms with E-state index in [0.29, 0.717) is 17.8 Å². The van der Waals surface area contributed by atoms with Crippen LogP contribution in [0.4, 0.5) is 10.1 Å². The second-order valence-corrected chi connectivity index (χ2v) is 6.20. The van der Waals surface area contributed by atoms with Crippen molar-refractivity contribution in [2.45, 2.75) is 23.4 Å². The number of fused-ring (bicyclic) bond motifs is 2. The zero-order valence-electron chi connectivity index (χ0n) is 9.51. The van der Waals surface area contributed by atoms with E-state index in [4.69, 9.17) is 5.14 Å². The molecule has 0 aromatic carbocycles. The molecule has 3 heterocycles. The van der Waals surface area contributed by atoms with Crippen LogP contribution in [0.3, 0.4) is 0 Å². The van der Waals surface area contributed by atoms with E-state index in [1.807, 2.05) is 4.90 Å². The molecule has 8 heteroatoms. The van der Waals surface area contributed by atoms with Crippen molar-refractivity contribution in [3.63, 3.8) is 0 Å². The lowest BCUT2D eigenvalue weighted by molar-refractivity contribution is 0.535. The van der Waals surface area contributed by atoms with Crippen LogP contribution < -0.4 is 15.4 Å². The number of nitrogens with one attached hydrogen (secondary N) is 1. The van der Waals surface area contributed by atoms with E-state index >= 15 is 0 Å². The van der Waals surface area contributed by atoms with E-state index < -0.39 is 20.9 Å². The summed E-state index contributed by atoms with van der Waals surface area (Å²) in [5.41, 5.74) is 0.606. The highest BCUT2D eigenvalue weighted by molar-refractivity contribution is 7.89. The average Bonchev–Trinajstić information content (AvgIpc) is 2.89. The predicted molar refractivity (Wildman–Crippen MR) is 63.1 cm³/mol. The van der Waals surface area contributed by atoms with E-state index in [2.05, 4.69) is 10.3 Å². The van der Waals surface area contributed by atoms with Crippen LogP contribution in [0.5, 0.6) is 0 Å². The van der Waals surface area contributed by atoms with Crippen molar-refractivity contribution in [3.05, 3.63) is 18.2 Å². The lowest BCUT2D eigenvalue weighted by Gasteiger charge is -2.29. The second kappa shape index (κ2) is 3.87. The Labute approximate surface area is 104 Å². The number of aromatic nitrogens is 1. The molecular formula is C10H13FN4O2S. The van der Waals surface area contributed by atoms with Crippen LogP contribution in [0.1, 0.15) is 6.42 Å². The van der Waals surface area contributed by atoms with Gasteiger partial charge in [-0.3, -0.25) is 0 Å². The minimum absolute atomic E-state index is 0.315. The van der Waals surface area contributed by atoms with Crippen molar-refractivity contribution in [3.8, 4) is 0 Å². The van der Waals surface area contributed by atoms with Gasteiger partial charge in [-0.25, -0.2) is 18.5 Å². The first-order valence-corrected chi connectivity index (χ1v) is 7.18. The fourth-order valence-corrected chi connectivity index (χ4v) is 3.22. The topological polar surface area (TPSA) is 88.3 Å². The molecule has 0 amide bonds. The van der Waals surface area contributed by atoms with Gasteiger partial charge in [-0.2, -0.15) is 4.39 Å². The minimum Gasteiger partial charge on any atom is -0.364 e. The first-order chi connectivity index (χ1) is 8.45. The fourth-order valence-electron chi connectivity index (χ4n) is 2.65. The summed E-state index contributed by atoms with van der Waals surface area (Å²) in [7, 11) is -4.08. The molecule has 2 fully saturated rings. The van der Waals surface area contributed by atoms with Crippen molar-refractivity contribution in [2.24, 2.45) is 5.14 Å². The van der Waals surface area contributed by atoms with Gasteiger partial charge in [0.15, 0.2) is 0 Å². The van der Waals surface area contributed by atoms with Crippen LogP contribution in [-0.2, 0) is 10.0 Å². The molecule has 1 aromatic heterocycles. The number of halogens is 1. The van der Waals surface area contributed by atoms with Crippen LogP contribution in [0.15, 0.2) is 17.2 Å². The van der Waals surface area contributed by atoms with Gasteiger partial charge in [-0.05, 0) is 12.5 Å². The van der Waals surface area contributed by atoms with Gasteiger partial charge in [0.25, 0.3) is 0 Å². The van der Waals surface area contributed by atoms with Gasteiger partial charge >= 0.3 is 0 Å². The summed E-state index contributed by atoms with van der Waals surface area (Å²) in [5.74, 6) is -1.05. The molecule has 18 heavy (non-hydrogen) atoms. The number of hydrogen-bond acceptors (Lipinski definition) is 5. The van der Waals surface area contributed by atoms with E-state index in [1.54, 1.807) is 0 Å². The molecule has 2 bridgehead atoms. The Morgan fingerprint density at radius 2 is 2.33 bits per heavy atom. The Hall–Kier alpha value is -1.25. The van der Waals surface area contributed by atoms with Crippen molar-refractivity contribution >= 4 is 15.7 Å². The van der Waals surface area contributed by atoms with Gasteiger partial charge in [0.05, 0.1) is 11.9 Å². The maximum atomic E-state index is 13.3. The summed E-state index contributed by atoms with van der Waals surface area (Å²) >= 11 is 0. The maximum Gasteiger partial charge on any atom is 0.242 e. The Balaban J connectivity index is 1.99. The first-order valence-electron chi connectivity index (χ1n) is 5.63. The van der Waals surface area contributed by atoms with E-state index in [1.165, 1.54) is 12.3 Å². The SMILES string of the molecule is NS(=O)(=O)c1cc(N2C[C@@H]3C[C@H]2CN3)cnc1F. The Morgan fingerprint density at radius 3 is 2.89 bits per heavy atom. The molecule has 0 aliphatic carbocycles. The standard InChI is InChI=1S/C10H13FN4O2S/c11-10-9(18(12,16)17)2-8(4-14-10)15-5-6-1-7(15)3-13-6/h2,4,6-7,13H,1,3,5H2,(H2,12,16,17)/t6-,7-/m0/s1. The van der Waals surface area contributed by atoms with Gasteiger partial charge in [0, 0.05) is 25.2 Å². The summed E-state index contributed by atoms with van der Waals surface area (Å²) in [4.78, 5) is 4.98. The van der Waals surface area contributed by atoms with E-state index in [0.717, 1.165) is 19.5 Å². The van der Waals surface area contributed by atoms with Crippen molar-refractivity contribution in [2.75, 3.05) is 18.0 Å². The number of primary sulfonamides is 1. The maximum absolute atomic E-state index is 13.3. The first kappa shape index (κ1) is 11.8. The molecule has 2 aliphatic heterocycles. The smallest absolute Gasteiger partial charge is 0.242 e. The highest BCUT2D eigenvalue weighted by atomic mass is 32.2. The zero-order valence-corrected chi connectivity index (χ0v) is 10.3. The Bertz CT molecular complexity index is 592. The third-order valence-electron chi connectivity index (χ3n) is 3.49. The lowest BCUT2D eigenvalue weighted by atomic mass is 10.2. The number of nitrogens with two attached hydrogens (primary N) is 1. The third kappa shape index (κ3) is 1.86. The van der Waals surface area contributed by atoms with Gasteiger partial charge in [-0.1, -0.05) is 0 Å². The van der Waals surface area contributed by atoms with Crippen molar-refractivity contribution in [1.82, 2.24) is 10.3 Å². The normalized spacial score (nSPS) is 26.9. The summed E-state index contributed by atoms with van der Waals surface area (Å²) < 4.78 is 35.8. The second-order valence-electron chi connectivity index (χ2n) is 4.67. The van der Waals surface area contributed by atoms with Crippen molar-refractivity contribution in [1.29, 1.82) is 0 Å². The molecule has 0 unspecified atom stereocenters. The van der Waals surface area contributed by atoms with Gasteiger partial charge in [-0.15, -0.1) is 0 Å². The number of sulfonamides is 1. The molecule has 2 aliphatic rings. The minimum atomic E-state index is -4.08.